The highest BCUT2D eigenvalue weighted by molar-refractivity contribution is 6.76. The van der Waals surface area contributed by atoms with Gasteiger partial charge in [0.2, 0.25) is 18.3 Å². The molecule has 1 N–H and O–H groups in total. The second-order valence-electron chi connectivity index (χ2n) is 9.64. The molecule has 1 fully saturated rings. The number of hydrogen-bond acceptors (Lipinski definition) is 11. The highest BCUT2D eigenvalue weighted by Crippen LogP contribution is 2.38. The van der Waals surface area contributed by atoms with E-state index in [4.69, 9.17) is 73.1 Å². The van der Waals surface area contributed by atoms with Gasteiger partial charge in [-0.3, -0.25) is 15.0 Å². The van der Waals surface area contributed by atoms with Crippen LogP contribution in [0.4, 0.5) is 4.79 Å². The summed E-state index contributed by atoms with van der Waals surface area (Å²) in [7, 11) is -2.34. The number of carbonyl (C=O) groups is 3. The van der Waals surface area contributed by atoms with E-state index in [0.29, 0.717) is 0 Å². The van der Waals surface area contributed by atoms with Crippen molar-refractivity contribution >= 4 is 67.1 Å². The van der Waals surface area contributed by atoms with Crippen molar-refractivity contribution in [2.24, 2.45) is 0 Å². The zero-order valence-electron chi connectivity index (χ0n) is 21.8. The summed E-state index contributed by atoms with van der Waals surface area (Å²) in [4.78, 5) is 36.3. The first-order valence-electron chi connectivity index (χ1n) is 11.2. The Hall–Kier alpha value is -1.57. The van der Waals surface area contributed by atoms with Crippen molar-refractivity contribution < 1.29 is 47.2 Å². The van der Waals surface area contributed by atoms with Crippen molar-refractivity contribution in [2.75, 3.05) is 13.2 Å². The van der Waals surface area contributed by atoms with Gasteiger partial charge >= 0.3 is 18.1 Å². The fourth-order valence-electron chi connectivity index (χ4n) is 2.85. The summed E-state index contributed by atoms with van der Waals surface area (Å²) in [5.41, 5.74) is 0. The van der Waals surface area contributed by atoms with Gasteiger partial charge < -0.3 is 32.8 Å². The third kappa shape index (κ3) is 10.3. The zero-order valence-corrected chi connectivity index (χ0v) is 25.1. The first-order chi connectivity index (χ1) is 16.8. The largest absolute Gasteiger partial charge is 0.509 e. The fourth-order valence-corrected chi connectivity index (χ4v) is 4.00. The number of rotatable bonds is 9. The Morgan fingerprint density at radius 2 is 1.51 bits per heavy atom. The number of carbonyl (C=O) groups excluding carboxylic acids is 3. The van der Waals surface area contributed by atoms with E-state index in [2.05, 4.69) is 6.58 Å². The summed E-state index contributed by atoms with van der Waals surface area (Å²) in [5, 5.41) is 7.80. The van der Waals surface area contributed by atoms with Crippen LogP contribution in [0.25, 0.3) is 0 Å². The van der Waals surface area contributed by atoms with Crippen molar-refractivity contribution in [2.45, 2.75) is 87.2 Å². The van der Waals surface area contributed by atoms with Gasteiger partial charge in [-0.05, 0) is 18.1 Å². The molecule has 0 amide bonds. The molecular formula is C22H34Cl3NO10Si. The van der Waals surface area contributed by atoms with E-state index in [0.717, 1.165) is 13.8 Å². The lowest BCUT2D eigenvalue weighted by Gasteiger charge is -2.45. The normalized spacial score (nSPS) is 24.4. The SMILES string of the molecule is C=CCOC(=O)O[C@H]1[C@@H](OC(=N)C(Cl)(Cl)Cl)O[C@H](CO[Si](C)(C)C(C)(C)C)[C@@H](OC(C)=O)[C@@H]1OC(C)=O. The molecule has 0 aromatic rings. The van der Waals surface area contributed by atoms with Crippen LogP contribution in [0.2, 0.25) is 18.1 Å². The van der Waals surface area contributed by atoms with Crippen LogP contribution in [0.3, 0.4) is 0 Å². The summed E-state index contributed by atoms with van der Waals surface area (Å²) in [6.45, 7) is 15.4. The Labute approximate surface area is 232 Å². The topological polar surface area (TPSA) is 140 Å². The predicted octanol–water partition coefficient (Wildman–Crippen LogP) is 4.67. The molecule has 0 aliphatic carbocycles. The molecule has 0 radical (unpaired) electrons. The van der Waals surface area contributed by atoms with E-state index in [1.54, 1.807) is 0 Å². The summed E-state index contributed by atoms with van der Waals surface area (Å²) in [5.74, 6) is -2.40. The van der Waals surface area contributed by atoms with E-state index in [1.807, 2.05) is 33.9 Å². The van der Waals surface area contributed by atoms with Gasteiger partial charge in [-0.15, -0.1) is 0 Å². The molecular weight excluding hydrogens is 573 g/mol. The molecule has 0 saturated carbocycles. The molecule has 37 heavy (non-hydrogen) atoms. The van der Waals surface area contributed by atoms with Crippen LogP contribution in [0.15, 0.2) is 12.7 Å². The minimum absolute atomic E-state index is 0.124. The molecule has 1 rings (SSSR count). The molecule has 0 aromatic heterocycles. The smallest absolute Gasteiger partial charge is 0.456 e. The average molecular weight is 607 g/mol. The lowest BCUT2D eigenvalue weighted by atomic mass is 9.98. The van der Waals surface area contributed by atoms with Gasteiger partial charge in [0.05, 0.1) is 6.61 Å². The molecule has 212 valence electrons. The Bertz CT molecular complexity index is 859. The van der Waals surface area contributed by atoms with Crippen molar-refractivity contribution in [3.05, 3.63) is 12.7 Å². The lowest BCUT2D eigenvalue weighted by molar-refractivity contribution is -0.288. The maximum Gasteiger partial charge on any atom is 0.509 e. The minimum atomic E-state index is -2.34. The Kier molecular flexibility index (Phi) is 12.2. The third-order valence-corrected chi connectivity index (χ3v) is 10.7. The van der Waals surface area contributed by atoms with Gasteiger partial charge in [-0.1, -0.05) is 68.2 Å². The number of ether oxygens (including phenoxy) is 6. The van der Waals surface area contributed by atoms with Crippen LogP contribution in [-0.4, -0.2) is 80.0 Å². The highest BCUT2D eigenvalue weighted by atomic mass is 35.6. The van der Waals surface area contributed by atoms with E-state index in [-0.39, 0.29) is 18.3 Å². The van der Waals surface area contributed by atoms with Crippen molar-refractivity contribution in [1.82, 2.24) is 0 Å². The number of esters is 2. The van der Waals surface area contributed by atoms with Crippen LogP contribution in [-0.2, 0) is 42.4 Å². The Balaban J connectivity index is 3.50. The second-order valence-corrected chi connectivity index (χ2v) is 16.7. The Morgan fingerprint density at radius 1 is 0.973 bits per heavy atom. The van der Waals surface area contributed by atoms with Crippen LogP contribution in [0.1, 0.15) is 34.6 Å². The molecule has 0 spiro atoms. The lowest BCUT2D eigenvalue weighted by Crippen LogP contribution is -2.64. The Morgan fingerprint density at radius 3 is 1.97 bits per heavy atom. The van der Waals surface area contributed by atoms with Crippen LogP contribution < -0.4 is 0 Å². The minimum Gasteiger partial charge on any atom is -0.456 e. The van der Waals surface area contributed by atoms with Gasteiger partial charge in [-0.25, -0.2) is 4.79 Å². The average Bonchev–Trinajstić information content (AvgIpc) is 2.72. The predicted molar refractivity (Wildman–Crippen MR) is 138 cm³/mol. The molecule has 11 nitrogen and oxygen atoms in total. The molecule has 1 aliphatic heterocycles. The standard InChI is InChI=1S/C22H34Cl3NO10Si/c1-9-10-30-20(29)35-17-16(33-13(3)28)15(32-12(2)27)14(11-31-37(7,8)21(4,5)6)34-18(17)36-19(26)22(23,24)25/h9,14-18,26H,1,10-11H2,2-8H3/t14-,15-,16+,17-,18-/m1/s1. The summed E-state index contributed by atoms with van der Waals surface area (Å²) in [6, 6.07) is 0. The first-order valence-corrected chi connectivity index (χ1v) is 15.2. The summed E-state index contributed by atoms with van der Waals surface area (Å²) in [6.07, 6.45) is -7.04. The van der Waals surface area contributed by atoms with Crippen molar-refractivity contribution in [1.29, 1.82) is 5.41 Å². The fraction of sp³-hybridized carbons (Fsp3) is 0.727. The molecule has 1 aliphatic rings. The number of alkyl halides is 3. The van der Waals surface area contributed by atoms with Gasteiger partial charge in [0.15, 0.2) is 20.5 Å². The number of hydrogen-bond donors (Lipinski definition) is 1. The number of nitrogens with one attached hydrogen (secondary N) is 1. The second kappa shape index (κ2) is 13.5. The van der Waals surface area contributed by atoms with E-state index < -0.39 is 66.8 Å². The van der Waals surface area contributed by atoms with Crippen LogP contribution in [0, 0.1) is 5.41 Å². The molecule has 1 heterocycles. The van der Waals surface area contributed by atoms with E-state index >= 15 is 0 Å². The maximum absolute atomic E-state index is 12.3. The van der Waals surface area contributed by atoms with Crippen LogP contribution >= 0.6 is 34.8 Å². The van der Waals surface area contributed by atoms with E-state index in [1.165, 1.54) is 6.08 Å². The molecule has 5 atom stereocenters. The quantitative estimate of drug-likeness (QED) is 0.0749. The molecule has 0 aromatic carbocycles. The highest BCUT2D eigenvalue weighted by Gasteiger charge is 2.55. The number of halogens is 3. The molecule has 1 saturated heterocycles. The molecule has 0 bridgehead atoms. The zero-order chi connectivity index (χ0) is 28.8. The van der Waals surface area contributed by atoms with Crippen molar-refractivity contribution in [3.8, 4) is 0 Å². The van der Waals surface area contributed by atoms with E-state index in [9.17, 15) is 14.4 Å². The summed E-state index contributed by atoms with van der Waals surface area (Å²) < 4.78 is 36.3. The van der Waals surface area contributed by atoms with Gasteiger partial charge in [-0.2, -0.15) is 0 Å². The summed E-state index contributed by atoms with van der Waals surface area (Å²) >= 11 is 17.3. The van der Waals surface area contributed by atoms with Crippen molar-refractivity contribution in [3.63, 3.8) is 0 Å². The van der Waals surface area contributed by atoms with Gasteiger partial charge in [0.1, 0.15) is 12.7 Å². The molecule has 0 unspecified atom stereocenters. The third-order valence-electron chi connectivity index (χ3n) is 5.65. The maximum atomic E-state index is 12.3. The monoisotopic (exact) mass is 605 g/mol. The molecule has 15 heteroatoms. The van der Waals surface area contributed by atoms with Crippen LogP contribution in [0.5, 0.6) is 0 Å². The first kappa shape index (κ1) is 33.5. The van der Waals surface area contributed by atoms with Gasteiger partial charge in [0.25, 0.3) is 3.79 Å². The van der Waals surface area contributed by atoms with Gasteiger partial charge in [0, 0.05) is 13.8 Å².